The molecule has 0 saturated carbocycles. The van der Waals surface area contributed by atoms with Gasteiger partial charge in [-0.1, -0.05) is 30.3 Å². The number of hydrogen-bond acceptors (Lipinski definition) is 4. The summed E-state index contributed by atoms with van der Waals surface area (Å²) in [7, 11) is 0. The Balaban J connectivity index is 1.82. The molecule has 3 aromatic rings. The number of para-hydroxylation sites is 1. The fraction of sp³-hybridized carbons (Fsp3) is 0. The molecule has 0 radical (unpaired) electrons. The number of benzene rings is 2. The molecule has 1 aromatic heterocycles. The highest BCUT2D eigenvalue weighted by Crippen LogP contribution is 2.25. The van der Waals surface area contributed by atoms with E-state index in [-0.39, 0.29) is 11.5 Å². The standard InChI is InChI=1S/C17H14N6/c18-10-16(17(19)20)23-22-13-7-5-11(6-8-13)15-9-12-3-1-2-4-14(12)21-15/h1-9,21-22H,(H3,19,20)/b23-16+. The predicted molar refractivity (Wildman–Crippen MR) is 92.3 cm³/mol. The van der Waals surface area contributed by atoms with Crippen molar-refractivity contribution < 1.29 is 0 Å². The maximum atomic E-state index is 8.79. The highest BCUT2D eigenvalue weighted by atomic mass is 15.3. The van der Waals surface area contributed by atoms with E-state index in [1.807, 2.05) is 42.5 Å². The quantitative estimate of drug-likeness (QED) is 0.337. The Morgan fingerprint density at radius 3 is 2.57 bits per heavy atom. The highest BCUT2D eigenvalue weighted by molar-refractivity contribution is 6.45. The molecule has 0 fully saturated rings. The van der Waals surface area contributed by atoms with Crippen LogP contribution in [0.2, 0.25) is 0 Å². The molecule has 3 rings (SSSR count). The number of amidine groups is 1. The number of nitrogens with two attached hydrogens (primary N) is 1. The molecule has 0 aliphatic heterocycles. The van der Waals surface area contributed by atoms with E-state index in [2.05, 4.69) is 27.6 Å². The third-order valence-electron chi connectivity index (χ3n) is 3.38. The molecule has 2 aromatic carbocycles. The van der Waals surface area contributed by atoms with Crippen LogP contribution in [0.3, 0.4) is 0 Å². The lowest BCUT2D eigenvalue weighted by atomic mass is 10.1. The summed E-state index contributed by atoms with van der Waals surface area (Å²) in [5.74, 6) is -0.366. The summed E-state index contributed by atoms with van der Waals surface area (Å²) in [6.07, 6.45) is 0. The molecule has 0 amide bonds. The zero-order valence-corrected chi connectivity index (χ0v) is 12.2. The van der Waals surface area contributed by atoms with E-state index < -0.39 is 0 Å². The lowest BCUT2D eigenvalue weighted by molar-refractivity contribution is 1.33. The Morgan fingerprint density at radius 1 is 1.17 bits per heavy atom. The minimum Gasteiger partial charge on any atom is -0.382 e. The fourth-order valence-electron chi connectivity index (χ4n) is 2.22. The number of fused-ring (bicyclic) bond motifs is 1. The summed E-state index contributed by atoms with van der Waals surface area (Å²) < 4.78 is 0. The largest absolute Gasteiger partial charge is 0.382 e. The van der Waals surface area contributed by atoms with Crippen molar-refractivity contribution in [2.24, 2.45) is 10.8 Å². The van der Waals surface area contributed by atoms with Crippen LogP contribution in [0.5, 0.6) is 0 Å². The van der Waals surface area contributed by atoms with Crippen LogP contribution in [-0.2, 0) is 0 Å². The number of nitriles is 1. The van der Waals surface area contributed by atoms with Gasteiger partial charge < -0.3 is 10.7 Å². The van der Waals surface area contributed by atoms with Gasteiger partial charge >= 0.3 is 0 Å². The lowest BCUT2D eigenvalue weighted by Crippen LogP contribution is -2.21. The molecule has 0 atom stereocenters. The summed E-state index contributed by atoms with van der Waals surface area (Å²) in [5, 5.41) is 20.9. The molecule has 112 valence electrons. The minimum absolute atomic E-state index is 0.148. The first-order valence-electron chi connectivity index (χ1n) is 6.94. The molecule has 0 spiro atoms. The van der Waals surface area contributed by atoms with Gasteiger partial charge in [-0.25, -0.2) is 0 Å². The third-order valence-corrected chi connectivity index (χ3v) is 3.38. The Bertz CT molecular complexity index is 895. The Hall–Kier alpha value is -3.59. The number of hydrazone groups is 1. The number of anilines is 1. The van der Waals surface area contributed by atoms with Crippen molar-refractivity contribution in [1.82, 2.24) is 4.98 Å². The molecule has 1 heterocycles. The van der Waals surface area contributed by atoms with Gasteiger partial charge in [-0.05, 0) is 29.8 Å². The van der Waals surface area contributed by atoms with Crippen molar-refractivity contribution in [3.05, 3.63) is 54.6 Å². The van der Waals surface area contributed by atoms with Crippen LogP contribution in [0.1, 0.15) is 0 Å². The smallest absolute Gasteiger partial charge is 0.201 e. The Kier molecular flexibility index (Phi) is 3.77. The molecule has 5 N–H and O–H groups in total. The molecular weight excluding hydrogens is 288 g/mol. The van der Waals surface area contributed by atoms with E-state index in [1.54, 1.807) is 6.07 Å². The van der Waals surface area contributed by atoms with Gasteiger partial charge in [0.05, 0.1) is 5.69 Å². The topological polar surface area (TPSA) is 114 Å². The zero-order chi connectivity index (χ0) is 16.2. The minimum atomic E-state index is -0.366. The predicted octanol–water partition coefficient (Wildman–Crippen LogP) is 3.06. The number of hydrogen-bond donors (Lipinski definition) is 4. The Morgan fingerprint density at radius 2 is 1.91 bits per heavy atom. The van der Waals surface area contributed by atoms with Crippen molar-refractivity contribution in [2.75, 3.05) is 5.43 Å². The van der Waals surface area contributed by atoms with Gasteiger partial charge in [0.15, 0.2) is 5.84 Å². The number of H-pyrrole nitrogens is 1. The Labute approximate surface area is 132 Å². The normalized spacial score (nSPS) is 11.2. The molecular formula is C17H14N6. The van der Waals surface area contributed by atoms with Gasteiger partial charge in [0.1, 0.15) is 6.07 Å². The monoisotopic (exact) mass is 302 g/mol. The molecule has 6 nitrogen and oxygen atoms in total. The molecule has 0 aliphatic rings. The van der Waals surface area contributed by atoms with Crippen LogP contribution in [0.4, 0.5) is 5.69 Å². The molecule has 23 heavy (non-hydrogen) atoms. The highest BCUT2D eigenvalue weighted by Gasteiger charge is 2.04. The van der Waals surface area contributed by atoms with Crippen LogP contribution in [0.15, 0.2) is 59.7 Å². The van der Waals surface area contributed by atoms with Crippen LogP contribution < -0.4 is 11.2 Å². The van der Waals surface area contributed by atoms with E-state index in [4.69, 9.17) is 16.4 Å². The van der Waals surface area contributed by atoms with E-state index >= 15 is 0 Å². The molecule has 0 saturated heterocycles. The van der Waals surface area contributed by atoms with Crippen LogP contribution in [0.25, 0.3) is 22.2 Å². The second-order valence-electron chi connectivity index (χ2n) is 4.95. The lowest BCUT2D eigenvalue weighted by Gasteiger charge is -2.03. The van der Waals surface area contributed by atoms with Crippen LogP contribution >= 0.6 is 0 Å². The van der Waals surface area contributed by atoms with E-state index in [0.29, 0.717) is 5.69 Å². The van der Waals surface area contributed by atoms with Gasteiger partial charge in [-0.2, -0.15) is 10.4 Å². The van der Waals surface area contributed by atoms with Crippen molar-refractivity contribution in [3.8, 4) is 17.3 Å². The summed E-state index contributed by atoms with van der Waals surface area (Å²) in [6, 6.07) is 19.5. The number of nitrogens with zero attached hydrogens (tertiary/aromatic N) is 2. The van der Waals surface area contributed by atoms with Crippen molar-refractivity contribution in [3.63, 3.8) is 0 Å². The molecule has 0 aliphatic carbocycles. The first kappa shape index (κ1) is 14.4. The molecule has 6 heteroatoms. The number of aromatic amines is 1. The maximum Gasteiger partial charge on any atom is 0.201 e. The summed E-state index contributed by atoms with van der Waals surface area (Å²) in [4.78, 5) is 3.37. The van der Waals surface area contributed by atoms with E-state index in [1.165, 1.54) is 0 Å². The second-order valence-corrected chi connectivity index (χ2v) is 4.95. The first-order chi connectivity index (χ1) is 11.2. The van der Waals surface area contributed by atoms with Crippen molar-refractivity contribution in [1.29, 1.82) is 10.7 Å². The number of rotatable bonds is 4. The number of aromatic nitrogens is 1. The molecule has 0 bridgehead atoms. The SMILES string of the molecule is N#C/C(=N\Nc1ccc(-c2cc3ccccc3[nH]2)cc1)C(=N)N. The van der Waals surface area contributed by atoms with Gasteiger partial charge in [-0.3, -0.25) is 10.8 Å². The van der Waals surface area contributed by atoms with Crippen LogP contribution in [0, 0.1) is 16.7 Å². The average Bonchev–Trinajstić information content (AvgIpc) is 2.99. The van der Waals surface area contributed by atoms with Gasteiger partial charge in [0.2, 0.25) is 5.71 Å². The van der Waals surface area contributed by atoms with E-state index in [0.717, 1.165) is 22.2 Å². The van der Waals surface area contributed by atoms with Gasteiger partial charge in [0.25, 0.3) is 0 Å². The van der Waals surface area contributed by atoms with E-state index in [9.17, 15) is 0 Å². The second kappa shape index (κ2) is 6.03. The average molecular weight is 302 g/mol. The summed E-state index contributed by atoms with van der Waals surface area (Å²) >= 11 is 0. The first-order valence-corrected chi connectivity index (χ1v) is 6.94. The summed E-state index contributed by atoms with van der Waals surface area (Å²) in [6.45, 7) is 0. The maximum absolute atomic E-state index is 8.79. The summed E-state index contributed by atoms with van der Waals surface area (Å²) in [5.41, 5.74) is 11.7. The van der Waals surface area contributed by atoms with Gasteiger partial charge in [-0.15, -0.1) is 0 Å². The third kappa shape index (κ3) is 3.04. The fourth-order valence-corrected chi connectivity index (χ4v) is 2.22. The molecule has 0 unspecified atom stereocenters. The van der Waals surface area contributed by atoms with Crippen molar-refractivity contribution in [2.45, 2.75) is 0 Å². The number of nitrogens with one attached hydrogen (secondary N) is 3. The van der Waals surface area contributed by atoms with Gasteiger partial charge in [0, 0.05) is 16.6 Å². The van der Waals surface area contributed by atoms with Crippen molar-refractivity contribution >= 4 is 28.1 Å². The zero-order valence-electron chi connectivity index (χ0n) is 12.2. The van der Waals surface area contributed by atoms with Crippen LogP contribution in [-0.4, -0.2) is 16.5 Å².